The Bertz CT molecular complexity index is 599. The number of nitrogens with two attached hydrogens (primary N) is 1. The van der Waals surface area contributed by atoms with Gasteiger partial charge in [0.15, 0.2) is 0 Å². The predicted molar refractivity (Wildman–Crippen MR) is 78.6 cm³/mol. The van der Waals surface area contributed by atoms with Crippen molar-refractivity contribution >= 4 is 17.4 Å². The summed E-state index contributed by atoms with van der Waals surface area (Å²) in [5, 5.41) is 7.18. The number of nitrogens with zero attached hydrogens (tertiary/aromatic N) is 2. The summed E-state index contributed by atoms with van der Waals surface area (Å²) < 4.78 is 1.71. The molecule has 0 bridgehead atoms. The maximum Gasteiger partial charge on any atom is 0.225 e. The molecule has 1 amide bonds. The second-order valence-corrected chi connectivity index (χ2v) is 5.27. The highest BCUT2D eigenvalue weighted by Crippen LogP contribution is 2.29. The van der Waals surface area contributed by atoms with Crippen LogP contribution in [0.3, 0.4) is 0 Å². The van der Waals surface area contributed by atoms with Crippen LogP contribution in [0.1, 0.15) is 25.7 Å². The first kappa shape index (κ1) is 12.7. The Kier molecular flexibility index (Phi) is 3.41. The molecule has 1 aliphatic rings. The van der Waals surface area contributed by atoms with Crippen LogP contribution < -0.4 is 11.1 Å². The van der Waals surface area contributed by atoms with E-state index in [1.165, 1.54) is 19.3 Å². The molecular weight excluding hydrogens is 252 g/mol. The van der Waals surface area contributed by atoms with Gasteiger partial charge in [0, 0.05) is 18.2 Å². The average molecular weight is 270 g/mol. The van der Waals surface area contributed by atoms with Gasteiger partial charge in [-0.05, 0) is 43.0 Å². The van der Waals surface area contributed by atoms with E-state index in [-0.39, 0.29) is 5.91 Å². The normalized spacial score (nSPS) is 14.8. The third-order valence-corrected chi connectivity index (χ3v) is 3.75. The molecule has 5 nitrogen and oxygen atoms in total. The van der Waals surface area contributed by atoms with Crippen molar-refractivity contribution in [3.63, 3.8) is 0 Å². The Labute approximate surface area is 117 Å². The molecule has 5 heteroatoms. The third-order valence-electron chi connectivity index (χ3n) is 3.75. The van der Waals surface area contributed by atoms with Crippen LogP contribution in [0.4, 0.5) is 11.5 Å². The number of nitrogen functional groups attached to an aromatic ring is 1. The van der Waals surface area contributed by atoms with E-state index in [2.05, 4.69) is 10.4 Å². The minimum absolute atomic E-state index is 0.0619. The van der Waals surface area contributed by atoms with Crippen molar-refractivity contribution in [3.05, 3.63) is 36.5 Å². The number of benzene rings is 1. The molecule has 0 radical (unpaired) electrons. The molecule has 0 aliphatic heterocycles. The van der Waals surface area contributed by atoms with Gasteiger partial charge in [-0.3, -0.25) is 4.79 Å². The molecule has 1 aromatic heterocycles. The monoisotopic (exact) mass is 270 g/mol. The molecule has 0 unspecified atom stereocenters. The summed E-state index contributed by atoms with van der Waals surface area (Å²) in [6.45, 7) is 0. The summed E-state index contributed by atoms with van der Waals surface area (Å²) in [5.41, 5.74) is 7.26. The second-order valence-electron chi connectivity index (χ2n) is 5.27. The number of carbonyl (C=O) groups excluding carboxylic acids is 1. The smallest absolute Gasteiger partial charge is 0.225 e. The number of hydrogen-bond acceptors (Lipinski definition) is 3. The van der Waals surface area contributed by atoms with Gasteiger partial charge in [-0.2, -0.15) is 5.10 Å². The van der Waals surface area contributed by atoms with Crippen molar-refractivity contribution in [1.82, 2.24) is 9.78 Å². The molecule has 0 atom stereocenters. The lowest BCUT2D eigenvalue weighted by Gasteiger charge is -2.24. The first-order valence-electron chi connectivity index (χ1n) is 6.92. The van der Waals surface area contributed by atoms with Crippen LogP contribution in [0, 0.1) is 5.92 Å². The Morgan fingerprint density at radius 1 is 1.30 bits per heavy atom. The van der Waals surface area contributed by atoms with Crippen molar-refractivity contribution in [3.8, 4) is 5.69 Å². The Morgan fingerprint density at radius 2 is 2.05 bits per heavy atom. The Morgan fingerprint density at radius 3 is 2.70 bits per heavy atom. The van der Waals surface area contributed by atoms with Crippen molar-refractivity contribution in [2.75, 3.05) is 11.1 Å². The lowest BCUT2D eigenvalue weighted by Crippen LogP contribution is -2.22. The zero-order valence-electron chi connectivity index (χ0n) is 11.2. The fourth-order valence-electron chi connectivity index (χ4n) is 2.37. The minimum atomic E-state index is 0.0619. The van der Waals surface area contributed by atoms with Crippen LogP contribution in [0.5, 0.6) is 0 Å². The van der Waals surface area contributed by atoms with E-state index in [1.807, 2.05) is 24.3 Å². The summed E-state index contributed by atoms with van der Waals surface area (Å²) in [7, 11) is 0. The van der Waals surface area contributed by atoms with E-state index >= 15 is 0 Å². The maximum absolute atomic E-state index is 12.0. The Balaban J connectivity index is 1.72. The third kappa shape index (κ3) is 2.66. The zero-order valence-corrected chi connectivity index (χ0v) is 11.2. The van der Waals surface area contributed by atoms with E-state index in [0.29, 0.717) is 23.8 Å². The van der Waals surface area contributed by atoms with Crippen molar-refractivity contribution in [2.24, 2.45) is 5.92 Å². The van der Waals surface area contributed by atoms with Crippen LogP contribution in [0.25, 0.3) is 5.69 Å². The summed E-state index contributed by atoms with van der Waals surface area (Å²) >= 11 is 0. The number of nitrogens with one attached hydrogen (secondary N) is 1. The molecule has 1 fully saturated rings. The number of carbonyl (C=O) groups is 1. The highest BCUT2D eigenvalue weighted by molar-refractivity contribution is 5.90. The topological polar surface area (TPSA) is 72.9 Å². The first-order chi connectivity index (χ1) is 9.72. The lowest BCUT2D eigenvalue weighted by atomic mass is 9.83. The number of amides is 1. The van der Waals surface area contributed by atoms with Crippen LogP contribution in [-0.2, 0) is 4.79 Å². The largest absolute Gasteiger partial charge is 0.399 e. The molecule has 104 valence electrons. The molecule has 1 aliphatic carbocycles. The molecule has 0 spiro atoms. The number of hydrogen-bond donors (Lipinski definition) is 2. The van der Waals surface area contributed by atoms with E-state index in [9.17, 15) is 4.79 Å². The standard InChI is InChI=1S/C15H18N4O/c16-12-4-6-13(7-5-12)19-14(8-9-17-19)18-15(20)10-11-2-1-3-11/h4-9,11H,1-3,10,16H2,(H,18,20). The quantitative estimate of drug-likeness (QED) is 0.839. The fraction of sp³-hybridized carbons (Fsp3) is 0.333. The van der Waals surface area contributed by atoms with Crippen LogP contribution in [0.15, 0.2) is 36.5 Å². The van der Waals surface area contributed by atoms with Gasteiger partial charge in [-0.1, -0.05) is 6.42 Å². The Hall–Kier alpha value is -2.30. The molecule has 3 rings (SSSR count). The summed E-state index contributed by atoms with van der Waals surface area (Å²) in [6.07, 6.45) is 5.87. The van der Waals surface area contributed by atoms with Gasteiger partial charge in [0.2, 0.25) is 5.91 Å². The van der Waals surface area contributed by atoms with Gasteiger partial charge < -0.3 is 11.1 Å². The highest BCUT2D eigenvalue weighted by atomic mass is 16.1. The molecular formula is C15H18N4O. The highest BCUT2D eigenvalue weighted by Gasteiger charge is 2.21. The number of anilines is 2. The zero-order chi connectivity index (χ0) is 13.9. The van der Waals surface area contributed by atoms with Crippen molar-refractivity contribution in [1.29, 1.82) is 0 Å². The predicted octanol–water partition coefficient (Wildman–Crippen LogP) is 2.58. The maximum atomic E-state index is 12.0. The summed E-state index contributed by atoms with van der Waals surface area (Å²) in [6, 6.07) is 9.19. The van der Waals surface area contributed by atoms with Crippen LogP contribution in [-0.4, -0.2) is 15.7 Å². The molecule has 1 heterocycles. The minimum Gasteiger partial charge on any atom is -0.399 e. The van der Waals surface area contributed by atoms with Gasteiger partial charge in [0.05, 0.1) is 11.9 Å². The first-order valence-corrected chi connectivity index (χ1v) is 6.92. The van der Waals surface area contributed by atoms with E-state index in [0.717, 1.165) is 5.69 Å². The van der Waals surface area contributed by atoms with E-state index in [4.69, 9.17) is 5.73 Å². The average Bonchev–Trinajstić information content (AvgIpc) is 2.83. The SMILES string of the molecule is Nc1ccc(-n2nccc2NC(=O)CC2CCC2)cc1. The fourth-order valence-corrected chi connectivity index (χ4v) is 2.37. The van der Waals surface area contributed by atoms with Crippen LogP contribution >= 0.6 is 0 Å². The molecule has 1 aromatic carbocycles. The lowest BCUT2D eigenvalue weighted by molar-refractivity contribution is -0.117. The van der Waals surface area contributed by atoms with Crippen LogP contribution in [0.2, 0.25) is 0 Å². The van der Waals surface area contributed by atoms with E-state index < -0.39 is 0 Å². The molecule has 2 aromatic rings. The molecule has 3 N–H and O–H groups in total. The van der Waals surface area contributed by atoms with Gasteiger partial charge >= 0.3 is 0 Å². The molecule has 20 heavy (non-hydrogen) atoms. The van der Waals surface area contributed by atoms with Gasteiger partial charge in [0.1, 0.15) is 5.82 Å². The second kappa shape index (κ2) is 5.36. The van der Waals surface area contributed by atoms with Crippen molar-refractivity contribution in [2.45, 2.75) is 25.7 Å². The number of aromatic nitrogens is 2. The van der Waals surface area contributed by atoms with Crippen molar-refractivity contribution < 1.29 is 4.79 Å². The van der Waals surface area contributed by atoms with Gasteiger partial charge in [-0.25, -0.2) is 4.68 Å². The molecule has 1 saturated carbocycles. The van der Waals surface area contributed by atoms with Gasteiger partial charge in [0.25, 0.3) is 0 Å². The van der Waals surface area contributed by atoms with Gasteiger partial charge in [-0.15, -0.1) is 0 Å². The van der Waals surface area contributed by atoms with E-state index in [1.54, 1.807) is 16.9 Å². The number of rotatable bonds is 4. The summed E-state index contributed by atoms with van der Waals surface area (Å²) in [4.78, 5) is 12.0. The molecule has 0 saturated heterocycles. The summed E-state index contributed by atoms with van der Waals surface area (Å²) in [5.74, 6) is 1.31.